The second-order valence-corrected chi connectivity index (χ2v) is 8.28. The van der Waals surface area contributed by atoms with Crippen LogP contribution in [-0.2, 0) is 7.05 Å². The van der Waals surface area contributed by atoms with Gasteiger partial charge < -0.3 is 26.0 Å². The lowest BCUT2D eigenvalue weighted by Gasteiger charge is -2.27. The second kappa shape index (κ2) is 9.96. The fraction of sp³-hybridized carbons (Fsp3) is 0.250. The number of methoxy groups -OCH3 is 1. The number of aromatic nitrogens is 6. The van der Waals surface area contributed by atoms with Crippen molar-refractivity contribution in [3.63, 3.8) is 0 Å². The Morgan fingerprint density at radius 1 is 1.08 bits per heavy atom. The molecule has 1 amide bonds. The van der Waals surface area contributed by atoms with Crippen molar-refractivity contribution in [3.05, 3.63) is 60.2 Å². The van der Waals surface area contributed by atoms with Crippen molar-refractivity contribution in [2.24, 2.45) is 7.05 Å². The highest BCUT2D eigenvalue weighted by atomic mass is 16.5. The van der Waals surface area contributed by atoms with E-state index in [4.69, 9.17) is 4.74 Å². The molecule has 0 saturated carbocycles. The van der Waals surface area contributed by atoms with E-state index < -0.39 is 0 Å². The number of nitrogens with one attached hydrogen (secondary N) is 4. The summed E-state index contributed by atoms with van der Waals surface area (Å²) in [4.78, 5) is 21.4. The molecule has 4 heterocycles. The normalized spacial score (nSPS) is 13.1. The number of carbonyl (C=O) groups is 1. The predicted molar refractivity (Wildman–Crippen MR) is 135 cm³/mol. The molecule has 36 heavy (non-hydrogen) atoms. The van der Waals surface area contributed by atoms with E-state index in [0.717, 1.165) is 13.1 Å². The van der Waals surface area contributed by atoms with E-state index in [2.05, 4.69) is 46.5 Å². The third-order valence-electron chi connectivity index (χ3n) is 5.86. The number of para-hydroxylation sites is 1. The molecular weight excluding hydrogens is 460 g/mol. The Hall–Kier alpha value is -4.58. The van der Waals surface area contributed by atoms with Crippen LogP contribution in [0.3, 0.4) is 0 Å². The second-order valence-electron chi connectivity index (χ2n) is 8.28. The largest absolute Gasteiger partial charge is 0.494 e. The Balaban J connectivity index is 1.45. The van der Waals surface area contributed by atoms with Crippen LogP contribution in [0, 0.1) is 0 Å². The number of rotatable bonds is 8. The number of benzene rings is 1. The molecule has 0 bridgehead atoms. The van der Waals surface area contributed by atoms with Gasteiger partial charge in [0.1, 0.15) is 12.1 Å². The Labute approximate surface area is 207 Å². The summed E-state index contributed by atoms with van der Waals surface area (Å²) in [5.41, 5.74) is 3.08. The van der Waals surface area contributed by atoms with Crippen molar-refractivity contribution in [1.29, 1.82) is 0 Å². The summed E-state index contributed by atoms with van der Waals surface area (Å²) in [5.74, 6) is 2.22. The van der Waals surface area contributed by atoms with Crippen LogP contribution in [0.1, 0.15) is 22.0 Å². The summed E-state index contributed by atoms with van der Waals surface area (Å²) < 4.78 is 7.31. The van der Waals surface area contributed by atoms with Crippen LogP contribution in [0.15, 0.2) is 48.9 Å². The number of ether oxygens (including phenoxy) is 1. The first-order valence-electron chi connectivity index (χ1n) is 11.4. The average Bonchev–Trinajstić information content (AvgIpc) is 3.30. The number of hydrogen-bond acceptors (Lipinski definition) is 10. The highest BCUT2D eigenvalue weighted by Gasteiger charge is 2.20. The Morgan fingerprint density at radius 3 is 2.58 bits per heavy atom. The van der Waals surface area contributed by atoms with Gasteiger partial charge >= 0.3 is 0 Å². The van der Waals surface area contributed by atoms with Gasteiger partial charge in [-0.05, 0) is 23.8 Å². The fourth-order valence-electron chi connectivity index (χ4n) is 3.85. The minimum atomic E-state index is -0.380. The van der Waals surface area contributed by atoms with Gasteiger partial charge in [-0.25, -0.2) is 9.97 Å². The average molecular weight is 487 g/mol. The first-order valence-corrected chi connectivity index (χ1v) is 11.4. The van der Waals surface area contributed by atoms with Crippen molar-refractivity contribution >= 4 is 28.9 Å². The van der Waals surface area contributed by atoms with E-state index in [9.17, 15) is 4.79 Å². The summed E-state index contributed by atoms with van der Waals surface area (Å²) in [6, 6.07) is 11.2. The Kier molecular flexibility index (Phi) is 6.41. The molecular formula is C24H26N10O2. The van der Waals surface area contributed by atoms with Crippen LogP contribution in [0.2, 0.25) is 0 Å². The van der Waals surface area contributed by atoms with Crippen molar-refractivity contribution in [1.82, 2.24) is 40.6 Å². The first-order chi connectivity index (χ1) is 17.6. The molecule has 0 unspecified atom stereocenters. The van der Waals surface area contributed by atoms with Gasteiger partial charge in [-0.1, -0.05) is 12.1 Å². The summed E-state index contributed by atoms with van der Waals surface area (Å²) in [7, 11) is 4.90. The highest BCUT2D eigenvalue weighted by molar-refractivity contribution is 5.99. The molecule has 5 rings (SSSR count). The smallest absolute Gasteiger partial charge is 0.273 e. The Morgan fingerprint density at radius 2 is 1.94 bits per heavy atom. The van der Waals surface area contributed by atoms with Crippen LogP contribution < -0.4 is 26.0 Å². The lowest BCUT2D eigenvalue weighted by Crippen LogP contribution is -2.39. The third-order valence-corrected chi connectivity index (χ3v) is 5.86. The topological polar surface area (TPSA) is 144 Å². The van der Waals surface area contributed by atoms with Crippen LogP contribution in [-0.4, -0.2) is 63.1 Å². The molecule has 1 fully saturated rings. The number of amides is 1. The number of anilines is 4. The van der Waals surface area contributed by atoms with E-state index >= 15 is 0 Å². The highest BCUT2D eigenvalue weighted by Crippen LogP contribution is 2.37. The van der Waals surface area contributed by atoms with Crippen LogP contribution in [0.5, 0.6) is 5.75 Å². The molecule has 184 valence electrons. The standard InChI is InChI=1S/C24H26N10O2/c1-25-24(35)21-18(29-17-6-4-5-16(22(17)36-3)23-28-13-34(2)33-23)9-20(31-32-21)30-19-8-7-14(12-27-19)15-10-26-11-15/h4-9,12-13,15,26H,10-11H2,1-3H3,(H,25,35)(H2,27,29,30,31). The maximum atomic E-state index is 12.5. The van der Waals surface area contributed by atoms with Crippen molar-refractivity contribution < 1.29 is 9.53 Å². The van der Waals surface area contributed by atoms with Gasteiger partial charge in [-0.15, -0.1) is 10.2 Å². The predicted octanol–water partition coefficient (Wildman–Crippen LogP) is 2.21. The SMILES string of the molecule is CNC(=O)c1nnc(Nc2ccc(C3CNC3)cn2)cc1Nc1cccc(-c2ncn(C)n2)c1OC. The maximum Gasteiger partial charge on any atom is 0.273 e. The van der Waals surface area contributed by atoms with Gasteiger partial charge in [-0.3, -0.25) is 9.48 Å². The van der Waals surface area contributed by atoms with Crippen molar-refractivity contribution in [2.45, 2.75) is 5.92 Å². The molecule has 1 aliphatic rings. The summed E-state index contributed by atoms with van der Waals surface area (Å²) >= 11 is 0. The molecule has 12 heteroatoms. The van der Waals surface area contributed by atoms with Crippen LogP contribution >= 0.6 is 0 Å². The fourth-order valence-corrected chi connectivity index (χ4v) is 3.85. The lowest BCUT2D eigenvalue weighted by atomic mass is 9.95. The van der Waals surface area contributed by atoms with Gasteiger partial charge in [0.2, 0.25) is 0 Å². The molecule has 1 aromatic carbocycles. The number of carbonyl (C=O) groups excluding carboxylic acids is 1. The van der Waals surface area contributed by atoms with E-state index in [0.29, 0.717) is 46.1 Å². The number of hydrogen-bond donors (Lipinski definition) is 4. The van der Waals surface area contributed by atoms with E-state index in [1.54, 1.807) is 31.2 Å². The monoisotopic (exact) mass is 486 g/mol. The first kappa shape index (κ1) is 23.2. The molecule has 3 aromatic heterocycles. The zero-order chi connectivity index (χ0) is 25.1. The van der Waals surface area contributed by atoms with Gasteiger partial charge in [0.15, 0.2) is 23.1 Å². The third kappa shape index (κ3) is 4.66. The molecule has 0 aliphatic carbocycles. The molecule has 1 aliphatic heterocycles. The van der Waals surface area contributed by atoms with Gasteiger partial charge in [-0.2, -0.15) is 5.10 Å². The van der Waals surface area contributed by atoms with E-state index in [1.165, 1.54) is 12.6 Å². The van der Waals surface area contributed by atoms with Gasteiger partial charge in [0.25, 0.3) is 5.91 Å². The minimum absolute atomic E-state index is 0.132. The van der Waals surface area contributed by atoms with Crippen LogP contribution in [0.25, 0.3) is 11.4 Å². The zero-order valence-electron chi connectivity index (χ0n) is 20.1. The molecule has 0 spiro atoms. The number of aryl methyl sites for hydroxylation is 1. The number of nitrogens with zero attached hydrogens (tertiary/aromatic N) is 6. The van der Waals surface area contributed by atoms with Gasteiger partial charge in [0.05, 0.1) is 24.0 Å². The van der Waals surface area contributed by atoms with E-state index in [-0.39, 0.29) is 11.6 Å². The minimum Gasteiger partial charge on any atom is -0.494 e. The Bertz CT molecular complexity index is 1380. The molecule has 12 nitrogen and oxygen atoms in total. The quantitative estimate of drug-likeness (QED) is 0.293. The molecule has 4 N–H and O–H groups in total. The summed E-state index contributed by atoms with van der Waals surface area (Å²) in [6.07, 6.45) is 3.48. The lowest BCUT2D eigenvalue weighted by molar-refractivity contribution is 0.0958. The van der Waals surface area contributed by atoms with E-state index in [1.807, 2.05) is 36.5 Å². The van der Waals surface area contributed by atoms with Crippen molar-refractivity contribution in [3.8, 4) is 17.1 Å². The maximum absolute atomic E-state index is 12.5. The van der Waals surface area contributed by atoms with Gasteiger partial charge in [0, 0.05) is 45.4 Å². The van der Waals surface area contributed by atoms with Crippen LogP contribution in [0.4, 0.5) is 23.0 Å². The number of pyridine rings is 1. The summed E-state index contributed by atoms with van der Waals surface area (Å²) in [6.45, 7) is 1.94. The zero-order valence-corrected chi connectivity index (χ0v) is 20.1. The van der Waals surface area contributed by atoms with Crippen molar-refractivity contribution in [2.75, 3.05) is 37.9 Å². The molecule has 0 radical (unpaired) electrons. The molecule has 0 atom stereocenters. The molecule has 1 saturated heterocycles. The molecule has 4 aromatic rings. The summed E-state index contributed by atoms with van der Waals surface area (Å²) in [5, 5.41) is 25.0.